The molecule has 4 aromatic heterocycles. The molecule has 0 bridgehead atoms. The van der Waals surface area contributed by atoms with Gasteiger partial charge in [0.05, 0.1) is 39.1 Å². The third-order valence-corrected chi connectivity index (χ3v) is 8.50. The van der Waals surface area contributed by atoms with Crippen LogP contribution in [0.2, 0.25) is 0 Å². The van der Waals surface area contributed by atoms with Gasteiger partial charge in [-0.05, 0) is 36.4 Å². The summed E-state index contributed by atoms with van der Waals surface area (Å²) >= 11 is 0. The molecule has 0 amide bonds. The lowest BCUT2D eigenvalue weighted by atomic mass is 10.0. The molecular formula is C41H25N5. The fraction of sp³-hybridized carbons (Fsp3) is 0. The Morgan fingerprint density at radius 1 is 0.391 bits per heavy atom. The summed E-state index contributed by atoms with van der Waals surface area (Å²) in [4.78, 5) is 25.1. The quantitative estimate of drug-likeness (QED) is 0.192. The van der Waals surface area contributed by atoms with Crippen LogP contribution in [0.5, 0.6) is 0 Å². The van der Waals surface area contributed by atoms with Crippen LogP contribution in [-0.2, 0) is 0 Å². The molecule has 5 aromatic carbocycles. The highest BCUT2D eigenvalue weighted by Gasteiger charge is 2.15. The van der Waals surface area contributed by atoms with E-state index in [0.29, 0.717) is 5.82 Å². The van der Waals surface area contributed by atoms with E-state index in [-0.39, 0.29) is 0 Å². The number of fused-ring (bicyclic) bond motifs is 5. The molecule has 5 heteroatoms. The minimum Gasteiger partial charge on any atom is -0.255 e. The molecular weight excluding hydrogens is 562 g/mol. The maximum absolute atomic E-state index is 5.20. The Morgan fingerprint density at radius 3 is 1.85 bits per heavy atom. The monoisotopic (exact) mass is 587 g/mol. The molecule has 0 saturated heterocycles. The van der Waals surface area contributed by atoms with E-state index in [1.165, 1.54) is 0 Å². The summed E-state index contributed by atoms with van der Waals surface area (Å²) in [7, 11) is 0. The molecule has 9 rings (SSSR count). The van der Waals surface area contributed by atoms with Gasteiger partial charge in [0.25, 0.3) is 0 Å². The third kappa shape index (κ3) is 4.45. The summed E-state index contributed by atoms with van der Waals surface area (Å²) in [5, 5.41) is 4.17. The van der Waals surface area contributed by atoms with E-state index in [2.05, 4.69) is 96.0 Å². The number of rotatable bonds is 4. The van der Waals surface area contributed by atoms with Gasteiger partial charge in [-0.2, -0.15) is 0 Å². The van der Waals surface area contributed by atoms with Crippen molar-refractivity contribution in [2.75, 3.05) is 0 Å². The molecule has 0 saturated carbocycles. The third-order valence-electron chi connectivity index (χ3n) is 8.50. The zero-order valence-electron chi connectivity index (χ0n) is 24.7. The highest BCUT2D eigenvalue weighted by Crippen LogP contribution is 2.34. The van der Waals surface area contributed by atoms with Gasteiger partial charge in [0.1, 0.15) is 0 Å². The Bertz CT molecular complexity index is 2590. The van der Waals surface area contributed by atoms with Gasteiger partial charge < -0.3 is 0 Å². The van der Waals surface area contributed by atoms with Gasteiger partial charge in [0, 0.05) is 50.0 Å². The molecule has 0 spiro atoms. The molecule has 0 fully saturated rings. The van der Waals surface area contributed by atoms with E-state index in [1.807, 2.05) is 60.8 Å². The second kappa shape index (κ2) is 10.7. The van der Waals surface area contributed by atoms with Crippen LogP contribution in [0.1, 0.15) is 0 Å². The van der Waals surface area contributed by atoms with E-state index in [4.69, 9.17) is 19.9 Å². The minimum absolute atomic E-state index is 0.652. The number of nitrogens with zero attached hydrogens (tertiary/aromatic N) is 5. The summed E-state index contributed by atoms with van der Waals surface area (Å²) in [6.07, 6.45) is 1.81. The van der Waals surface area contributed by atoms with Gasteiger partial charge in [0.15, 0.2) is 5.82 Å². The lowest BCUT2D eigenvalue weighted by Gasteiger charge is -2.12. The average molecular weight is 588 g/mol. The molecule has 4 heterocycles. The van der Waals surface area contributed by atoms with Crippen molar-refractivity contribution in [3.8, 4) is 45.2 Å². The number of para-hydroxylation sites is 2. The number of hydrogen-bond acceptors (Lipinski definition) is 5. The molecule has 0 unspecified atom stereocenters. The van der Waals surface area contributed by atoms with Gasteiger partial charge >= 0.3 is 0 Å². The van der Waals surface area contributed by atoms with Gasteiger partial charge in [-0.1, -0.05) is 109 Å². The Balaban J connectivity index is 1.20. The number of aromatic nitrogens is 5. The lowest BCUT2D eigenvalue weighted by molar-refractivity contribution is 1.23. The van der Waals surface area contributed by atoms with E-state index in [0.717, 1.165) is 82.9 Å². The highest BCUT2D eigenvalue weighted by molar-refractivity contribution is 6.04. The Labute approximate surface area is 264 Å². The van der Waals surface area contributed by atoms with Crippen LogP contribution >= 0.6 is 0 Å². The Hall–Kier alpha value is -6.33. The van der Waals surface area contributed by atoms with Gasteiger partial charge in [-0.25, -0.2) is 19.9 Å². The van der Waals surface area contributed by atoms with Crippen LogP contribution in [0.3, 0.4) is 0 Å². The van der Waals surface area contributed by atoms with Crippen LogP contribution in [0, 0.1) is 0 Å². The zero-order chi connectivity index (χ0) is 30.5. The molecule has 5 nitrogen and oxygen atoms in total. The van der Waals surface area contributed by atoms with E-state index in [1.54, 1.807) is 0 Å². The van der Waals surface area contributed by atoms with Crippen LogP contribution in [0.25, 0.3) is 88.8 Å². The van der Waals surface area contributed by atoms with Crippen molar-refractivity contribution in [2.45, 2.75) is 0 Å². The molecule has 0 aliphatic heterocycles. The first-order valence-corrected chi connectivity index (χ1v) is 15.3. The molecule has 214 valence electrons. The van der Waals surface area contributed by atoms with Crippen LogP contribution in [0.15, 0.2) is 152 Å². The summed E-state index contributed by atoms with van der Waals surface area (Å²) in [5.74, 6) is 0.652. The van der Waals surface area contributed by atoms with Crippen LogP contribution in [-0.4, -0.2) is 24.9 Å². The molecule has 0 atom stereocenters. The van der Waals surface area contributed by atoms with Crippen molar-refractivity contribution in [2.24, 2.45) is 0 Å². The maximum atomic E-state index is 5.20. The van der Waals surface area contributed by atoms with E-state index in [9.17, 15) is 0 Å². The second-order valence-electron chi connectivity index (χ2n) is 11.3. The predicted molar refractivity (Wildman–Crippen MR) is 187 cm³/mol. The largest absolute Gasteiger partial charge is 0.255 e. The van der Waals surface area contributed by atoms with Crippen LogP contribution < -0.4 is 0 Å². The van der Waals surface area contributed by atoms with Crippen molar-refractivity contribution in [3.05, 3.63) is 152 Å². The zero-order valence-corrected chi connectivity index (χ0v) is 24.7. The fourth-order valence-electron chi connectivity index (χ4n) is 6.23. The first kappa shape index (κ1) is 26.1. The van der Waals surface area contributed by atoms with E-state index >= 15 is 0 Å². The summed E-state index contributed by atoms with van der Waals surface area (Å²) < 4.78 is 0. The van der Waals surface area contributed by atoms with Crippen molar-refractivity contribution in [1.82, 2.24) is 24.9 Å². The normalized spacial score (nSPS) is 11.5. The van der Waals surface area contributed by atoms with E-state index < -0.39 is 0 Å². The Kier molecular flexibility index (Phi) is 6.06. The smallest absolute Gasteiger partial charge is 0.162 e. The molecule has 46 heavy (non-hydrogen) atoms. The summed E-state index contributed by atoms with van der Waals surface area (Å²) in [6.45, 7) is 0. The van der Waals surface area contributed by atoms with Gasteiger partial charge in [0.2, 0.25) is 0 Å². The maximum Gasteiger partial charge on any atom is 0.162 e. The molecule has 9 aromatic rings. The molecule has 0 N–H and O–H groups in total. The number of benzene rings is 5. The molecule has 0 radical (unpaired) electrons. The highest BCUT2D eigenvalue weighted by atomic mass is 14.9. The Morgan fingerprint density at radius 2 is 1.02 bits per heavy atom. The second-order valence-corrected chi connectivity index (χ2v) is 11.3. The first-order chi connectivity index (χ1) is 22.8. The first-order valence-electron chi connectivity index (χ1n) is 15.3. The molecule has 0 aliphatic carbocycles. The van der Waals surface area contributed by atoms with Crippen LogP contribution in [0.4, 0.5) is 0 Å². The number of hydrogen-bond donors (Lipinski definition) is 0. The fourth-order valence-corrected chi connectivity index (χ4v) is 6.23. The van der Waals surface area contributed by atoms with Crippen molar-refractivity contribution in [3.63, 3.8) is 0 Å². The number of pyridine rings is 3. The summed E-state index contributed by atoms with van der Waals surface area (Å²) in [6, 6.07) is 49.7. The lowest BCUT2D eigenvalue weighted by Crippen LogP contribution is -1.97. The predicted octanol–water partition coefficient (Wildman–Crippen LogP) is 9.94. The SMILES string of the molecule is c1ccc(-c2ccc3ccc4ccc(-c5cccc(-c6nc(-c7cccc8cccnc78)nc7ccccc67)c5)nc4c3n2)cc1. The minimum atomic E-state index is 0.652. The summed E-state index contributed by atoms with van der Waals surface area (Å²) in [5.41, 5.74) is 10.2. The van der Waals surface area contributed by atoms with Gasteiger partial charge in [-0.15, -0.1) is 0 Å². The van der Waals surface area contributed by atoms with Crippen molar-refractivity contribution >= 4 is 43.6 Å². The average Bonchev–Trinajstić information content (AvgIpc) is 3.14. The van der Waals surface area contributed by atoms with Crippen molar-refractivity contribution < 1.29 is 0 Å². The standard InChI is InChI=1S/C41H25N5/c1-2-9-26(10-3-1)34-22-20-28-18-19-29-21-23-35(44-40(29)39(28)43-34)30-12-6-13-31(25-30)38-32-15-4-5-17-36(32)45-41(46-38)33-16-7-11-27-14-8-24-42-37(27)33/h1-25H. The van der Waals surface area contributed by atoms with Gasteiger partial charge in [-0.3, -0.25) is 4.98 Å². The topological polar surface area (TPSA) is 64.5 Å². The molecule has 0 aliphatic rings. The van der Waals surface area contributed by atoms with Crippen molar-refractivity contribution in [1.29, 1.82) is 0 Å².